The zero-order valence-corrected chi connectivity index (χ0v) is 26.5. The zero-order chi connectivity index (χ0) is 32.1. The Morgan fingerprint density at radius 3 is 2.42 bits per heavy atom. The lowest BCUT2D eigenvalue weighted by atomic mass is 9.57. The maximum atomic E-state index is 15.6. The fraction of sp³-hybridized carbons (Fsp3) is 0.500. The molecule has 3 saturated carbocycles. The number of carbonyl (C=O) groups is 2. The van der Waals surface area contributed by atoms with E-state index >= 15 is 4.39 Å². The van der Waals surface area contributed by atoms with Crippen LogP contribution in [0.5, 0.6) is 5.75 Å². The highest BCUT2D eigenvalue weighted by Gasteiger charge is 2.53. The van der Waals surface area contributed by atoms with E-state index in [4.69, 9.17) is 15.0 Å². The van der Waals surface area contributed by atoms with Crippen LogP contribution in [-0.2, 0) is 33.0 Å². The minimum atomic E-state index is -4.14. The second kappa shape index (κ2) is 11.5. The van der Waals surface area contributed by atoms with E-state index in [9.17, 15) is 18.0 Å². The molecule has 0 spiro atoms. The van der Waals surface area contributed by atoms with Crippen LogP contribution in [0.4, 0.5) is 10.1 Å². The van der Waals surface area contributed by atoms with Gasteiger partial charge in [-0.3, -0.25) is 9.59 Å². The van der Waals surface area contributed by atoms with Crippen molar-refractivity contribution in [3.8, 4) is 5.75 Å². The van der Waals surface area contributed by atoms with Gasteiger partial charge in [-0.15, -0.1) is 0 Å². The molecule has 4 aliphatic rings. The van der Waals surface area contributed by atoms with Gasteiger partial charge in [-0.2, -0.15) is 4.98 Å². The number of benzene rings is 2. The standard InChI is InChI=1S/C32H38FN5O6S/c1-4-27-35-30(44-37-27)31-9-12-32(13-10-31,14-11-31)36-28(39)22-15-25-26(16-23(22)33)45(41,42)18-24(34)29(40)38(25)17-20-5-7-21(8-6-20)43-19(2)3/h5-8,15-16,19,24H,4,9-14,17-18,34H2,1-3H3,(H,36,39)/t24-,31?,32?/m0/s1. The van der Waals surface area contributed by atoms with E-state index in [1.54, 1.807) is 24.3 Å². The van der Waals surface area contributed by atoms with Gasteiger partial charge < -0.3 is 25.2 Å². The summed E-state index contributed by atoms with van der Waals surface area (Å²) in [6.07, 6.45) is 4.83. The first kappa shape index (κ1) is 31.2. The smallest absolute Gasteiger partial charge is 0.254 e. The molecule has 3 N–H and O–H groups in total. The molecule has 11 nitrogen and oxygen atoms in total. The number of carbonyl (C=O) groups excluding carboxylic acids is 2. The molecule has 0 saturated heterocycles. The highest BCUT2D eigenvalue weighted by molar-refractivity contribution is 7.91. The van der Waals surface area contributed by atoms with E-state index in [0.717, 1.165) is 25.3 Å². The number of ether oxygens (including phenoxy) is 1. The van der Waals surface area contributed by atoms with Crippen LogP contribution >= 0.6 is 0 Å². The second-order valence-electron chi connectivity index (χ2n) is 12.8. The highest BCUT2D eigenvalue weighted by atomic mass is 32.2. The van der Waals surface area contributed by atoms with Crippen LogP contribution < -0.4 is 20.7 Å². The predicted octanol–water partition coefficient (Wildman–Crippen LogP) is 3.98. The lowest BCUT2D eigenvalue weighted by molar-refractivity contribution is -0.119. The molecule has 3 aromatic rings. The van der Waals surface area contributed by atoms with Crippen LogP contribution in [0.3, 0.4) is 0 Å². The number of nitrogens with zero attached hydrogens (tertiary/aromatic N) is 3. The van der Waals surface area contributed by atoms with Gasteiger partial charge in [0.1, 0.15) is 11.6 Å². The summed E-state index contributed by atoms with van der Waals surface area (Å²) >= 11 is 0. The number of hydrogen-bond donors (Lipinski definition) is 2. The van der Waals surface area contributed by atoms with Gasteiger partial charge >= 0.3 is 0 Å². The van der Waals surface area contributed by atoms with Crippen molar-refractivity contribution < 1.29 is 31.7 Å². The van der Waals surface area contributed by atoms with Gasteiger partial charge in [0, 0.05) is 17.4 Å². The van der Waals surface area contributed by atoms with Gasteiger partial charge in [0.2, 0.25) is 11.8 Å². The number of nitrogens with two attached hydrogens (primary N) is 1. The Hall–Kier alpha value is -3.84. The van der Waals surface area contributed by atoms with Crippen molar-refractivity contribution in [3.05, 3.63) is 65.1 Å². The SMILES string of the molecule is CCc1noc(C23CCC(NC(=O)c4cc5c(cc4F)S(=O)(=O)C[C@H](N)C(=O)N5Cc4ccc(OC(C)C)cc4)(CC2)CC3)n1. The van der Waals surface area contributed by atoms with Gasteiger partial charge in [0.15, 0.2) is 15.7 Å². The number of rotatable bonds is 8. The lowest BCUT2D eigenvalue weighted by Gasteiger charge is -2.52. The van der Waals surface area contributed by atoms with Gasteiger partial charge in [-0.1, -0.05) is 24.2 Å². The van der Waals surface area contributed by atoms with Crippen LogP contribution in [0.2, 0.25) is 0 Å². The Morgan fingerprint density at radius 1 is 1.16 bits per heavy atom. The van der Waals surface area contributed by atoms with Gasteiger partial charge in [0.25, 0.3) is 5.91 Å². The minimum absolute atomic E-state index is 0.0267. The summed E-state index contributed by atoms with van der Waals surface area (Å²) in [5, 5.41) is 7.14. The third-order valence-corrected chi connectivity index (χ3v) is 11.2. The van der Waals surface area contributed by atoms with Crippen molar-refractivity contribution in [3.63, 3.8) is 0 Å². The Morgan fingerprint density at radius 2 is 1.82 bits per heavy atom. The molecule has 2 heterocycles. The molecule has 1 atom stereocenters. The van der Waals surface area contributed by atoms with Gasteiger partial charge in [-0.25, -0.2) is 12.8 Å². The summed E-state index contributed by atoms with van der Waals surface area (Å²) in [5.74, 6) is -1.01. The van der Waals surface area contributed by atoms with E-state index in [0.29, 0.717) is 48.7 Å². The summed E-state index contributed by atoms with van der Waals surface area (Å²) in [6, 6.07) is 7.67. The summed E-state index contributed by atoms with van der Waals surface area (Å²) in [5.41, 5.74) is 5.53. The van der Waals surface area contributed by atoms with Crippen molar-refractivity contribution in [2.45, 2.75) is 100 Å². The highest BCUT2D eigenvalue weighted by Crippen LogP contribution is 2.53. The van der Waals surface area contributed by atoms with Crippen LogP contribution in [0.25, 0.3) is 0 Å². The number of hydrogen-bond acceptors (Lipinski definition) is 9. The number of aryl methyl sites for hydroxylation is 1. The third kappa shape index (κ3) is 5.83. The monoisotopic (exact) mass is 639 g/mol. The van der Waals surface area contributed by atoms with Gasteiger partial charge in [0.05, 0.1) is 40.6 Å². The Kier molecular flexibility index (Phi) is 7.97. The normalized spacial score (nSPS) is 25.6. The molecule has 0 unspecified atom stereocenters. The fourth-order valence-corrected chi connectivity index (χ4v) is 8.37. The number of amides is 2. The molecular weight excluding hydrogens is 601 g/mol. The number of sulfone groups is 1. The van der Waals surface area contributed by atoms with Crippen molar-refractivity contribution >= 4 is 27.3 Å². The number of aromatic nitrogens is 2. The average molecular weight is 640 g/mol. The quantitative estimate of drug-likeness (QED) is 0.372. The Balaban J connectivity index is 1.28. The van der Waals surface area contributed by atoms with Crippen molar-refractivity contribution in [1.29, 1.82) is 0 Å². The van der Waals surface area contributed by atoms with Crippen LogP contribution in [0.15, 0.2) is 45.8 Å². The second-order valence-corrected chi connectivity index (χ2v) is 14.8. The minimum Gasteiger partial charge on any atom is -0.491 e. The molecule has 1 aromatic heterocycles. The number of halogens is 1. The van der Waals surface area contributed by atoms with Crippen LogP contribution in [-0.4, -0.2) is 53.8 Å². The van der Waals surface area contributed by atoms with Crippen molar-refractivity contribution in [2.24, 2.45) is 5.73 Å². The Labute approximate surface area is 261 Å². The van der Waals surface area contributed by atoms with Crippen molar-refractivity contribution in [2.75, 3.05) is 10.7 Å². The number of fused-ring (bicyclic) bond motifs is 4. The van der Waals surface area contributed by atoms with Gasteiger partial charge in [-0.05, 0) is 82.2 Å². The van der Waals surface area contributed by atoms with Crippen LogP contribution in [0.1, 0.15) is 86.9 Å². The number of nitrogens with one attached hydrogen (secondary N) is 1. The average Bonchev–Trinajstić information content (AvgIpc) is 3.49. The molecule has 3 fully saturated rings. The van der Waals surface area contributed by atoms with E-state index < -0.39 is 44.8 Å². The summed E-state index contributed by atoms with van der Waals surface area (Å²) in [6.45, 7) is 5.74. The zero-order valence-electron chi connectivity index (χ0n) is 25.6. The third-order valence-electron chi connectivity index (χ3n) is 9.40. The van der Waals surface area contributed by atoms with E-state index in [-0.39, 0.29) is 34.2 Å². The fourth-order valence-electron chi connectivity index (χ4n) is 6.80. The van der Waals surface area contributed by atoms with E-state index in [1.807, 2.05) is 20.8 Å². The first-order valence-electron chi connectivity index (χ1n) is 15.4. The summed E-state index contributed by atoms with van der Waals surface area (Å²) in [7, 11) is -4.14. The maximum Gasteiger partial charge on any atom is 0.254 e. The molecule has 13 heteroatoms. The molecule has 0 radical (unpaired) electrons. The summed E-state index contributed by atoms with van der Waals surface area (Å²) < 4.78 is 53.4. The molecule has 240 valence electrons. The maximum absolute atomic E-state index is 15.6. The lowest BCUT2D eigenvalue weighted by Crippen LogP contribution is -2.58. The predicted molar refractivity (Wildman–Crippen MR) is 163 cm³/mol. The molecular formula is C32H38FN5O6S. The molecule has 1 aliphatic heterocycles. The molecule has 2 aromatic carbocycles. The largest absolute Gasteiger partial charge is 0.491 e. The Bertz CT molecular complexity index is 1710. The first-order chi connectivity index (χ1) is 21.3. The van der Waals surface area contributed by atoms with E-state index in [1.165, 1.54) is 11.0 Å². The van der Waals surface area contributed by atoms with Crippen LogP contribution in [0, 0.1) is 5.82 Å². The number of anilines is 1. The topological polar surface area (TPSA) is 158 Å². The first-order valence-corrected chi connectivity index (χ1v) is 17.0. The molecule has 45 heavy (non-hydrogen) atoms. The van der Waals surface area contributed by atoms with E-state index in [2.05, 4.69) is 15.5 Å². The van der Waals surface area contributed by atoms with Crippen molar-refractivity contribution in [1.82, 2.24) is 15.5 Å². The molecule has 2 amide bonds. The molecule has 3 aliphatic carbocycles. The summed E-state index contributed by atoms with van der Waals surface area (Å²) in [4.78, 5) is 32.6. The molecule has 7 rings (SSSR count). The molecule has 2 bridgehead atoms.